The lowest BCUT2D eigenvalue weighted by atomic mass is 9.88. The zero-order chi connectivity index (χ0) is 15.9. The molecule has 1 heterocycles. The predicted molar refractivity (Wildman–Crippen MR) is 88.8 cm³/mol. The topological polar surface area (TPSA) is 46.5 Å². The van der Waals surface area contributed by atoms with Crippen molar-refractivity contribution in [3.05, 3.63) is 24.3 Å². The third kappa shape index (κ3) is 4.60. The fourth-order valence-corrected chi connectivity index (χ4v) is 3.84. The van der Waals surface area contributed by atoms with E-state index >= 15 is 0 Å². The molecule has 1 unspecified atom stereocenters. The summed E-state index contributed by atoms with van der Waals surface area (Å²) in [6.45, 7) is 2.03. The molecule has 124 valence electrons. The molecule has 0 radical (unpaired) electrons. The number of aliphatic hydroxyl groups is 1. The molecule has 5 atom stereocenters. The second kappa shape index (κ2) is 8.73. The van der Waals surface area contributed by atoms with Crippen molar-refractivity contribution in [1.29, 1.82) is 0 Å². The zero-order valence-corrected chi connectivity index (χ0v) is 14.0. The van der Waals surface area contributed by atoms with Crippen LogP contribution in [0.1, 0.15) is 51.9 Å². The van der Waals surface area contributed by atoms with E-state index in [1.54, 1.807) is 0 Å². The molecule has 1 aliphatic heterocycles. The van der Waals surface area contributed by atoms with Gasteiger partial charge in [0.05, 0.1) is 11.5 Å². The number of fused-ring (bicyclic) bond motifs is 1. The van der Waals surface area contributed by atoms with Gasteiger partial charge in [0.25, 0.3) is 0 Å². The average Bonchev–Trinajstić information content (AvgIpc) is 2.78. The Kier molecular flexibility index (Phi) is 6.97. The summed E-state index contributed by atoms with van der Waals surface area (Å²) in [5.41, 5.74) is 0. The van der Waals surface area contributed by atoms with Crippen molar-refractivity contribution < 1.29 is 14.6 Å². The summed E-state index contributed by atoms with van der Waals surface area (Å²) in [5, 5.41) is 10.1. The van der Waals surface area contributed by atoms with Gasteiger partial charge in [-0.25, -0.2) is 0 Å². The first-order valence-electron chi connectivity index (χ1n) is 8.46. The third-order valence-corrected chi connectivity index (χ3v) is 5.15. The molecule has 3 nitrogen and oxygen atoms in total. The van der Waals surface area contributed by atoms with Gasteiger partial charge in [-0.2, -0.15) is 0 Å². The molecule has 0 aromatic rings. The number of hydrogen-bond donors (Lipinski definition) is 1. The standard InChI is InChI=1S/C18H27ClO3/c1-2-16-14-12-15(19)18(21)13(14)10-8-6-4-3-5-7-9-11-17(20)22-16/h3-4,8,10,13-16,18,21H,2,5-7,9,11-12H2,1H3/b4-3-,10-8-/t13-,14+,15+,16?,18+/m0/s1. The van der Waals surface area contributed by atoms with Crippen LogP contribution < -0.4 is 0 Å². The van der Waals surface area contributed by atoms with Gasteiger partial charge in [0, 0.05) is 18.3 Å². The van der Waals surface area contributed by atoms with Crippen molar-refractivity contribution in [2.24, 2.45) is 11.8 Å². The number of carbonyl (C=O) groups excluding carboxylic acids is 1. The Hall–Kier alpha value is -0.800. The van der Waals surface area contributed by atoms with Crippen molar-refractivity contribution >= 4 is 17.6 Å². The quantitative estimate of drug-likeness (QED) is 0.450. The number of cyclic esters (lactones) is 1. The minimum atomic E-state index is -0.562. The van der Waals surface area contributed by atoms with E-state index in [2.05, 4.69) is 24.3 Å². The van der Waals surface area contributed by atoms with E-state index in [-0.39, 0.29) is 29.3 Å². The van der Waals surface area contributed by atoms with E-state index in [0.29, 0.717) is 12.8 Å². The van der Waals surface area contributed by atoms with Crippen molar-refractivity contribution in [3.63, 3.8) is 0 Å². The maximum absolute atomic E-state index is 12.0. The number of hydrogen-bond acceptors (Lipinski definition) is 3. The molecule has 1 saturated carbocycles. The monoisotopic (exact) mass is 326 g/mol. The van der Waals surface area contributed by atoms with E-state index in [1.807, 2.05) is 6.92 Å². The summed E-state index contributed by atoms with van der Waals surface area (Å²) in [6, 6.07) is 0. The van der Waals surface area contributed by atoms with Crippen molar-refractivity contribution in [2.75, 3.05) is 0 Å². The van der Waals surface area contributed by atoms with Gasteiger partial charge in [-0.05, 0) is 38.5 Å². The fourth-order valence-electron chi connectivity index (χ4n) is 3.47. The molecule has 0 amide bonds. The highest BCUT2D eigenvalue weighted by Crippen LogP contribution is 2.40. The number of aliphatic hydroxyl groups excluding tert-OH is 1. The lowest BCUT2D eigenvalue weighted by Gasteiger charge is -2.27. The van der Waals surface area contributed by atoms with Crippen LogP contribution in [0.4, 0.5) is 0 Å². The normalized spacial score (nSPS) is 40.3. The van der Waals surface area contributed by atoms with Gasteiger partial charge < -0.3 is 9.84 Å². The molecule has 0 spiro atoms. The van der Waals surface area contributed by atoms with Crippen LogP contribution in [0.15, 0.2) is 24.3 Å². The van der Waals surface area contributed by atoms with Crippen LogP contribution in [0.2, 0.25) is 0 Å². The Balaban J connectivity index is 2.16. The second-order valence-corrected chi connectivity index (χ2v) is 6.86. The molecule has 1 fully saturated rings. The number of alkyl halides is 1. The van der Waals surface area contributed by atoms with E-state index in [0.717, 1.165) is 32.1 Å². The molecule has 0 aromatic heterocycles. The van der Waals surface area contributed by atoms with Crippen LogP contribution in [0, 0.1) is 11.8 Å². The van der Waals surface area contributed by atoms with Crippen LogP contribution in [-0.4, -0.2) is 28.7 Å². The Morgan fingerprint density at radius 2 is 2.14 bits per heavy atom. The number of halogens is 1. The maximum Gasteiger partial charge on any atom is 0.306 e. The van der Waals surface area contributed by atoms with Gasteiger partial charge in [0.15, 0.2) is 0 Å². The highest BCUT2D eigenvalue weighted by atomic mass is 35.5. The Morgan fingerprint density at radius 3 is 2.91 bits per heavy atom. The lowest BCUT2D eigenvalue weighted by Crippen LogP contribution is -2.31. The summed E-state index contributed by atoms with van der Waals surface area (Å²) in [4.78, 5) is 12.0. The molecule has 0 saturated heterocycles. The minimum absolute atomic E-state index is 0.0309. The molecule has 0 aromatic carbocycles. The van der Waals surface area contributed by atoms with Crippen LogP contribution in [0.3, 0.4) is 0 Å². The fraction of sp³-hybridized carbons (Fsp3) is 0.722. The third-order valence-electron chi connectivity index (χ3n) is 4.72. The molecular formula is C18H27ClO3. The molecular weight excluding hydrogens is 300 g/mol. The molecule has 2 aliphatic rings. The van der Waals surface area contributed by atoms with E-state index < -0.39 is 6.10 Å². The first kappa shape index (κ1) is 17.6. The first-order valence-corrected chi connectivity index (χ1v) is 8.90. The minimum Gasteiger partial charge on any atom is -0.462 e. The molecule has 1 aliphatic carbocycles. The molecule has 0 bridgehead atoms. The smallest absolute Gasteiger partial charge is 0.306 e. The van der Waals surface area contributed by atoms with Gasteiger partial charge in [-0.15, -0.1) is 11.6 Å². The van der Waals surface area contributed by atoms with Crippen LogP contribution in [-0.2, 0) is 9.53 Å². The summed E-state index contributed by atoms with van der Waals surface area (Å²) < 4.78 is 5.69. The summed E-state index contributed by atoms with van der Waals surface area (Å²) in [5.74, 6) is -0.0469. The number of rotatable bonds is 1. The second-order valence-electron chi connectivity index (χ2n) is 6.30. The molecule has 22 heavy (non-hydrogen) atoms. The summed E-state index contributed by atoms with van der Waals surface area (Å²) >= 11 is 6.26. The van der Waals surface area contributed by atoms with Crippen molar-refractivity contribution in [1.82, 2.24) is 0 Å². The van der Waals surface area contributed by atoms with Gasteiger partial charge in [0.1, 0.15) is 6.10 Å². The number of esters is 1. The van der Waals surface area contributed by atoms with E-state index in [1.165, 1.54) is 0 Å². The lowest BCUT2D eigenvalue weighted by molar-refractivity contribution is -0.153. The maximum atomic E-state index is 12.0. The van der Waals surface area contributed by atoms with E-state index in [4.69, 9.17) is 16.3 Å². The van der Waals surface area contributed by atoms with Crippen LogP contribution in [0.5, 0.6) is 0 Å². The van der Waals surface area contributed by atoms with Crippen molar-refractivity contribution in [3.8, 4) is 0 Å². The highest BCUT2D eigenvalue weighted by Gasteiger charge is 2.44. The summed E-state index contributed by atoms with van der Waals surface area (Å²) in [6.07, 6.45) is 13.4. The number of allylic oxidation sites excluding steroid dienone is 3. The van der Waals surface area contributed by atoms with Crippen LogP contribution >= 0.6 is 11.6 Å². The summed E-state index contributed by atoms with van der Waals surface area (Å²) in [7, 11) is 0. The molecule has 2 rings (SSSR count). The van der Waals surface area contributed by atoms with Gasteiger partial charge in [-0.1, -0.05) is 31.2 Å². The zero-order valence-electron chi connectivity index (χ0n) is 13.3. The Labute approximate surface area is 138 Å². The molecule has 4 heteroatoms. The Bertz CT molecular complexity index is 419. The first-order chi connectivity index (χ1) is 10.6. The average molecular weight is 327 g/mol. The highest BCUT2D eigenvalue weighted by molar-refractivity contribution is 6.21. The van der Waals surface area contributed by atoms with Gasteiger partial charge in [-0.3, -0.25) is 4.79 Å². The van der Waals surface area contributed by atoms with Crippen LogP contribution in [0.25, 0.3) is 0 Å². The van der Waals surface area contributed by atoms with Crippen molar-refractivity contribution in [2.45, 2.75) is 69.5 Å². The largest absolute Gasteiger partial charge is 0.462 e. The SMILES string of the molecule is CCC1OC(=O)CCCC/C=C\C/C=C\[C@@H]2[C@@H](O)[C@H](Cl)C[C@@H]12. The molecule has 1 N–H and O–H groups in total. The van der Waals surface area contributed by atoms with Gasteiger partial charge in [0.2, 0.25) is 0 Å². The Morgan fingerprint density at radius 1 is 1.32 bits per heavy atom. The number of carbonyl (C=O) groups is 1. The van der Waals surface area contributed by atoms with Gasteiger partial charge >= 0.3 is 5.97 Å². The predicted octanol–water partition coefficient (Wildman–Crippen LogP) is 3.99. The number of ether oxygens (including phenoxy) is 1. The van der Waals surface area contributed by atoms with E-state index in [9.17, 15) is 9.90 Å².